The maximum atomic E-state index is 6.03. The summed E-state index contributed by atoms with van der Waals surface area (Å²) in [5, 5.41) is 0. The number of nitrogens with two attached hydrogens (primary N) is 1. The predicted molar refractivity (Wildman–Crippen MR) is 62.7 cm³/mol. The van der Waals surface area contributed by atoms with E-state index in [4.69, 9.17) is 17.3 Å². The third-order valence-corrected chi connectivity index (χ3v) is 3.52. The zero-order valence-corrected chi connectivity index (χ0v) is 9.11. The van der Waals surface area contributed by atoms with Gasteiger partial charge in [0, 0.05) is 11.4 Å². The summed E-state index contributed by atoms with van der Waals surface area (Å²) in [6.45, 7) is 0.502. The minimum atomic E-state index is 0.502. The first-order valence-electron chi connectivity index (χ1n) is 4.35. The first-order valence-corrected chi connectivity index (χ1v) is 5.54. The smallest absolute Gasteiger partial charge is 0.0979 e. The molecule has 2 N–H and O–H groups in total. The maximum absolute atomic E-state index is 6.03. The van der Waals surface area contributed by atoms with Crippen LogP contribution in [0.2, 0.25) is 4.34 Å². The fourth-order valence-corrected chi connectivity index (χ4v) is 2.59. The van der Waals surface area contributed by atoms with E-state index in [9.17, 15) is 0 Å². The maximum Gasteiger partial charge on any atom is 0.0979 e. The van der Waals surface area contributed by atoms with Gasteiger partial charge in [0.15, 0.2) is 0 Å². The van der Waals surface area contributed by atoms with Gasteiger partial charge in [0.05, 0.1) is 4.34 Å². The van der Waals surface area contributed by atoms with Crippen LogP contribution in [0.5, 0.6) is 0 Å². The van der Waals surface area contributed by atoms with Crippen molar-refractivity contribution in [3.8, 4) is 10.4 Å². The molecule has 1 nitrogen and oxygen atoms in total. The van der Waals surface area contributed by atoms with Gasteiger partial charge in [0.25, 0.3) is 0 Å². The van der Waals surface area contributed by atoms with Crippen LogP contribution in [0.3, 0.4) is 0 Å². The molecular formula is C11H10ClNS. The van der Waals surface area contributed by atoms with Crippen molar-refractivity contribution in [2.45, 2.75) is 6.54 Å². The van der Waals surface area contributed by atoms with Gasteiger partial charge < -0.3 is 5.73 Å². The van der Waals surface area contributed by atoms with Gasteiger partial charge in [-0.25, -0.2) is 0 Å². The van der Waals surface area contributed by atoms with Gasteiger partial charge in [-0.2, -0.15) is 0 Å². The summed E-state index contributed by atoms with van der Waals surface area (Å²) >= 11 is 7.61. The third-order valence-electron chi connectivity index (χ3n) is 2.04. The van der Waals surface area contributed by atoms with E-state index in [2.05, 4.69) is 18.2 Å². The van der Waals surface area contributed by atoms with Crippen LogP contribution in [0.1, 0.15) is 5.56 Å². The van der Waals surface area contributed by atoms with Crippen LogP contribution in [0.4, 0.5) is 0 Å². The molecule has 2 rings (SSSR count). The topological polar surface area (TPSA) is 26.0 Å². The zero-order valence-electron chi connectivity index (χ0n) is 7.53. The van der Waals surface area contributed by atoms with Gasteiger partial charge in [0.1, 0.15) is 0 Å². The largest absolute Gasteiger partial charge is 0.326 e. The number of rotatable bonds is 2. The number of hydrogen-bond acceptors (Lipinski definition) is 2. The van der Waals surface area contributed by atoms with Crippen LogP contribution in [-0.4, -0.2) is 0 Å². The lowest BCUT2D eigenvalue weighted by Crippen LogP contribution is -1.93. The van der Waals surface area contributed by atoms with Crippen LogP contribution in [0.25, 0.3) is 10.4 Å². The summed E-state index contributed by atoms with van der Waals surface area (Å²) in [5.41, 5.74) is 7.78. The fraction of sp³-hybridized carbons (Fsp3) is 0.0909. The average Bonchev–Trinajstić information content (AvgIpc) is 2.61. The van der Waals surface area contributed by atoms with Gasteiger partial charge >= 0.3 is 0 Å². The molecule has 2 aromatic rings. The van der Waals surface area contributed by atoms with Crippen molar-refractivity contribution in [1.29, 1.82) is 0 Å². The van der Waals surface area contributed by atoms with Crippen molar-refractivity contribution < 1.29 is 0 Å². The Morgan fingerprint density at radius 1 is 1.21 bits per heavy atom. The molecule has 0 saturated carbocycles. The number of benzene rings is 1. The lowest BCUT2D eigenvalue weighted by atomic mass is 10.2. The van der Waals surface area contributed by atoms with Crippen molar-refractivity contribution in [2.24, 2.45) is 5.73 Å². The van der Waals surface area contributed by atoms with E-state index in [0.29, 0.717) is 6.54 Å². The fourth-order valence-electron chi connectivity index (χ4n) is 1.29. The molecule has 0 radical (unpaired) electrons. The van der Waals surface area contributed by atoms with Crippen molar-refractivity contribution >= 4 is 22.9 Å². The molecule has 14 heavy (non-hydrogen) atoms. The molecule has 0 unspecified atom stereocenters. The highest BCUT2D eigenvalue weighted by molar-refractivity contribution is 7.19. The van der Waals surface area contributed by atoms with Crippen molar-refractivity contribution in [3.63, 3.8) is 0 Å². The summed E-state index contributed by atoms with van der Waals surface area (Å²) < 4.78 is 0.798. The standard InChI is InChI=1S/C11H10ClNS/c12-11-9(7-13)6-10(14-11)8-4-2-1-3-5-8/h1-6H,7,13H2. The normalized spacial score (nSPS) is 10.4. The minimum absolute atomic E-state index is 0.502. The molecule has 72 valence electrons. The monoisotopic (exact) mass is 223 g/mol. The van der Waals surface area contributed by atoms with Crippen LogP contribution in [0.15, 0.2) is 36.4 Å². The number of hydrogen-bond donors (Lipinski definition) is 1. The van der Waals surface area contributed by atoms with E-state index in [0.717, 1.165) is 9.90 Å². The van der Waals surface area contributed by atoms with E-state index in [1.54, 1.807) is 11.3 Å². The molecule has 0 atom stereocenters. The third kappa shape index (κ3) is 1.82. The summed E-state index contributed by atoms with van der Waals surface area (Å²) in [4.78, 5) is 1.18. The Morgan fingerprint density at radius 2 is 1.93 bits per heavy atom. The number of thiophene rings is 1. The Kier molecular flexibility index (Phi) is 2.87. The lowest BCUT2D eigenvalue weighted by Gasteiger charge is -1.93. The molecule has 0 aliphatic rings. The highest BCUT2D eigenvalue weighted by Gasteiger charge is 2.06. The second kappa shape index (κ2) is 4.13. The van der Waals surface area contributed by atoms with Crippen LogP contribution in [0, 0.1) is 0 Å². The van der Waals surface area contributed by atoms with Crippen LogP contribution < -0.4 is 5.73 Å². The van der Waals surface area contributed by atoms with Gasteiger partial charge in [0.2, 0.25) is 0 Å². The van der Waals surface area contributed by atoms with E-state index < -0.39 is 0 Å². The molecule has 1 aromatic heterocycles. The van der Waals surface area contributed by atoms with E-state index in [-0.39, 0.29) is 0 Å². The lowest BCUT2D eigenvalue weighted by molar-refractivity contribution is 1.08. The Bertz CT molecular complexity index is 422. The highest BCUT2D eigenvalue weighted by Crippen LogP contribution is 2.34. The number of halogens is 1. The molecule has 0 amide bonds. The van der Waals surface area contributed by atoms with Crippen molar-refractivity contribution in [2.75, 3.05) is 0 Å². The first kappa shape index (κ1) is 9.71. The predicted octanol–water partition coefficient (Wildman–Crippen LogP) is 3.53. The summed E-state index contributed by atoms with van der Waals surface area (Å²) in [7, 11) is 0. The molecule has 0 spiro atoms. The quantitative estimate of drug-likeness (QED) is 0.828. The summed E-state index contributed by atoms with van der Waals surface area (Å²) in [6.07, 6.45) is 0. The summed E-state index contributed by atoms with van der Waals surface area (Å²) in [5.74, 6) is 0. The van der Waals surface area contributed by atoms with Crippen molar-refractivity contribution in [1.82, 2.24) is 0 Å². The van der Waals surface area contributed by atoms with Crippen LogP contribution >= 0.6 is 22.9 Å². The zero-order chi connectivity index (χ0) is 9.97. The van der Waals surface area contributed by atoms with E-state index in [1.807, 2.05) is 18.2 Å². The molecule has 0 aliphatic heterocycles. The van der Waals surface area contributed by atoms with Gasteiger partial charge in [-0.15, -0.1) is 11.3 Å². The van der Waals surface area contributed by atoms with Gasteiger partial charge in [-0.3, -0.25) is 0 Å². The molecule has 1 heterocycles. The Hall–Kier alpha value is -0.830. The highest BCUT2D eigenvalue weighted by atomic mass is 35.5. The van der Waals surface area contributed by atoms with E-state index >= 15 is 0 Å². The Labute approximate surface area is 92.1 Å². The van der Waals surface area contributed by atoms with Crippen molar-refractivity contribution in [3.05, 3.63) is 46.3 Å². The van der Waals surface area contributed by atoms with Gasteiger partial charge in [-0.05, 0) is 17.2 Å². The van der Waals surface area contributed by atoms with Crippen LogP contribution in [-0.2, 0) is 6.54 Å². The Morgan fingerprint density at radius 3 is 2.50 bits per heavy atom. The molecular weight excluding hydrogens is 214 g/mol. The summed E-state index contributed by atoms with van der Waals surface area (Å²) in [6, 6.07) is 12.2. The SMILES string of the molecule is NCc1cc(-c2ccccc2)sc1Cl. The molecule has 0 aliphatic carbocycles. The van der Waals surface area contributed by atoms with E-state index in [1.165, 1.54) is 10.4 Å². The van der Waals surface area contributed by atoms with Gasteiger partial charge in [-0.1, -0.05) is 41.9 Å². The minimum Gasteiger partial charge on any atom is -0.326 e. The molecule has 0 bridgehead atoms. The second-order valence-electron chi connectivity index (χ2n) is 2.98. The average molecular weight is 224 g/mol. The molecule has 0 saturated heterocycles. The second-order valence-corrected chi connectivity index (χ2v) is 4.63. The first-order chi connectivity index (χ1) is 6.81. The molecule has 1 aromatic carbocycles. The molecule has 0 fully saturated rings. The Balaban J connectivity index is 2.43. The molecule has 3 heteroatoms.